The minimum absolute atomic E-state index is 0.0147. The minimum Gasteiger partial charge on any atom is -0.396 e. The predicted molar refractivity (Wildman–Crippen MR) is 64.0 cm³/mol. The average molecular weight is 273 g/mol. The van der Waals surface area contributed by atoms with Gasteiger partial charge in [0.15, 0.2) is 5.82 Å². The van der Waals surface area contributed by atoms with E-state index in [4.69, 9.17) is 5.73 Å². The number of nitrogen functional groups attached to an aromatic ring is 1. The Morgan fingerprint density at radius 2 is 2.28 bits per heavy atom. The second-order valence-electron chi connectivity index (χ2n) is 4.20. The van der Waals surface area contributed by atoms with Gasteiger partial charge in [0.25, 0.3) is 0 Å². The summed E-state index contributed by atoms with van der Waals surface area (Å²) < 4.78 is 33.7. The first kappa shape index (κ1) is 12.7. The van der Waals surface area contributed by atoms with Gasteiger partial charge in [-0.1, -0.05) is 0 Å². The van der Waals surface area contributed by atoms with Crippen molar-refractivity contribution in [3.05, 3.63) is 18.3 Å². The van der Waals surface area contributed by atoms with Gasteiger partial charge in [-0.15, -0.1) is 3.89 Å². The minimum atomic E-state index is -4.58. The third-order valence-corrected chi connectivity index (χ3v) is 3.58. The molecule has 6 nitrogen and oxygen atoms in total. The van der Waals surface area contributed by atoms with Crippen LogP contribution in [0.2, 0.25) is 0 Å². The molecule has 0 radical (unpaired) electrons. The lowest BCUT2D eigenvalue weighted by atomic mass is 10.1. The Labute approximate surface area is 104 Å². The normalized spacial score (nSPS) is 20.4. The third-order valence-electron chi connectivity index (χ3n) is 2.71. The lowest BCUT2D eigenvalue weighted by Crippen LogP contribution is -2.27. The molecule has 1 atom stereocenters. The lowest BCUT2D eigenvalue weighted by molar-refractivity contribution is -0.117. The molecule has 1 fully saturated rings. The number of pyridine rings is 1. The number of carbonyl (C=O) groups excluding carboxylic acids is 1. The number of carbonyl (C=O) groups is 1. The first-order valence-electron chi connectivity index (χ1n) is 5.30. The molecule has 18 heavy (non-hydrogen) atoms. The molecule has 1 aromatic rings. The van der Waals surface area contributed by atoms with Crippen LogP contribution in [0.4, 0.5) is 15.4 Å². The number of nitrogens with two attached hydrogens (primary N) is 1. The van der Waals surface area contributed by atoms with Gasteiger partial charge in [-0.3, -0.25) is 9.69 Å². The Morgan fingerprint density at radius 3 is 2.89 bits per heavy atom. The Hall–Kier alpha value is -1.70. The molecule has 0 bridgehead atoms. The zero-order chi connectivity index (χ0) is 13.3. The molecule has 1 aliphatic rings. The summed E-state index contributed by atoms with van der Waals surface area (Å²) in [6.07, 6.45) is 1.47. The van der Waals surface area contributed by atoms with Crippen molar-refractivity contribution in [3.8, 4) is 0 Å². The fourth-order valence-electron chi connectivity index (χ4n) is 2.01. The molecule has 0 aliphatic carbocycles. The van der Waals surface area contributed by atoms with E-state index in [1.807, 2.05) is 0 Å². The highest BCUT2D eigenvalue weighted by Gasteiger charge is 2.34. The van der Waals surface area contributed by atoms with E-state index in [1.165, 1.54) is 11.1 Å². The predicted octanol–water partition coefficient (Wildman–Crippen LogP) is 0.316. The zero-order valence-electron chi connectivity index (χ0n) is 9.41. The molecular formula is C10H12FN3O3S. The van der Waals surface area contributed by atoms with Crippen LogP contribution < -0.4 is 10.6 Å². The highest BCUT2D eigenvalue weighted by atomic mass is 32.3. The molecule has 0 saturated carbocycles. The second kappa shape index (κ2) is 4.52. The van der Waals surface area contributed by atoms with Crippen LogP contribution in [0.3, 0.4) is 0 Å². The zero-order valence-corrected chi connectivity index (χ0v) is 10.2. The summed E-state index contributed by atoms with van der Waals surface area (Å²) in [6.45, 7) is 0.114. The van der Waals surface area contributed by atoms with Gasteiger partial charge in [0.05, 0.1) is 11.4 Å². The summed E-state index contributed by atoms with van der Waals surface area (Å²) in [5.41, 5.74) is 6.01. The maximum Gasteiger partial charge on any atom is 0.302 e. The van der Waals surface area contributed by atoms with Crippen molar-refractivity contribution >= 4 is 27.6 Å². The summed E-state index contributed by atoms with van der Waals surface area (Å²) in [6, 6.07) is 3.22. The fourth-order valence-corrected chi connectivity index (χ4v) is 2.80. The van der Waals surface area contributed by atoms with Crippen molar-refractivity contribution in [2.24, 2.45) is 5.92 Å². The van der Waals surface area contributed by atoms with Crippen molar-refractivity contribution in [2.75, 3.05) is 22.9 Å². The molecule has 2 N–H and O–H groups in total. The van der Waals surface area contributed by atoms with E-state index in [1.54, 1.807) is 12.1 Å². The molecule has 1 saturated heterocycles. The van der Waals surface area contributed by atoms with E-state index >= 15 is 0 Å². The summed E-state index contributed by atoms with van der Waals surface area (Å²) in [5.74, 6) is -1.22. The molecule has 2 rings (SSSR count). The van der Waals surface area contributed by atoms with Gasteiger partial charge in [0.2, 0.25) is 5.91 Å². The first-order valence-corrected chi connectivity index (χ1v) is 6.85. The maximum atomic E-state index is 12.6. The summed E-state index contributed by atoms with van der Waals surface area (Å²) in [5, 5.41) is 0. The number of hydrogen-bond donors (Lipinski definition) is 1. The number of hydrogen-bond acceptors (Lipinski definition) is 5. The van der Waals surface area contributed by atoms with Crippen LogP contribution in [0.5, 0.6) is 0 Å². The fraction of sp³-hybridized carbons (Fsp3) is 0.400. The van der Waals surface area contributed by atoms with Crippen LogP contribution in [0.1, 0.15) is 6.42 Å². The van der Waals surface area contributed by atoms with Gasteiger partial charge in [0.1, 0.15) is 0 Å². The third kappa shape index (κ3) is 2.76. The first-order chi connectivity index (χ1) is 8.37. The molecule has 1 unspecified atom stereocenters. The van der Waals surface area contributed by atoms with Crippen LogP contribution in [0.15, 0.2) is 18.3 Å². The standard InChI is InChI=1S/C10H12FN3O3S/c11-18(16,17)6-7-4-9(15)14(5-7)10-8(12)2-1-3-13-10/h1-3,7H,4-6,12H2. The monoisotopic (exact) mass is 273 g/mol. The largest absolute Gasteiger partial charge is 0.396 e. The van der Waals surface area contributed by atoms with E-state index in [-0.39, 0.29) is 18.9 Å². The van der Waals surface area contributed by atoms with E-state index in [9.17, 15) is 17.1 Å². The van der Waals surface area contributed by atoms with Crippen molar-refractivity contribution in [2.45, 2.75) is 6.42 Å². The number of anilines is 2. The highest BCUT2D eigenvalue weighted by Crippen LogP contribution is 2.28. The Bertz CT molecular complexity index is 575. The highest BCUT2D eigenvalue weighted by molar-refractivity contribution is 7.86. The van der Waals surface area contributed by atoms with Crippen molar-refractivity contribution in [1.82, 2.24) is 4.98 Å². The van der Waals surface area contributed by atoms with Gasteiger partial charge >= 0.3 is 10.2 Å². The van der Waals surface area contributed by atoms with Gasteiger partial charge in [-0.25, -0.2) is 4.98 Å². The summed E-state index contributed by atoms with van der Waals surface area (Å²) in [4.78, 5) is 17.0. The maximum absolute atomic E-state index is 12.6. The quantitative estimate of drug-likeness (QED) is 0.800. The molecule has 1 amide bonds. The van der Waals surface area contributed by atoms with E-state index < -0.39 is 21.9 Å². The van der Waals surface area contributed by atoms with E-state index in [0.717, 1.165) is 0 Å². The SMILES string of the molecule is Nc1cccnc1N1CC(CS(=O)(=O)F)CC1=O. The van der Waals surface area contributed by atoms with Crippen LogP contribution in [-0.4, -0.2) is 31.6 Å². The average Bonchev–Trinajstić information content (AvgIpc) is 2.57. The topological polar surface area (TPSA) is 93.4 Å². The number of halogens is 1. The van der Waals surface area contributed by atoms with Crippen LogP contribution in [0, 0.1) is 5.92 Å². The molecule has 98 valence electrons. The Morgan fingerprint density at radius 1 is 1.56 bits per heavy atom. The van der Waals surface area contributed by atoms with Crippen molar-refractivity contribution < 1.29 is 17.1 Å². The van der Waals surface area contributed by atoms with E-state index in [2.05, 4.69) is 4.98 Å². The van der Waals surface area contributed by atoms with Crippen LogP contribution in [-0.2, 0) is 15.0 Å². The number of amides is 1. The number of aromatic nitrogens is 1. The lowest BCUT2D eigenvalue weighted by Gasteiger charge is -2.16. The molecule has 2 heterocycles. The van der Waals surface area contributed by atoms with Crippen molar-refractivity contribution in [3.63, 3.8) is 0 Å². The molecule has 0 spiro atoms. The number of nitrogens with zero attached hydrogens (tertiary/aromatic N) is 2. The Balaban J connectivity index is 2.18. The second-order valence-corrected chi connectivity index (χ2v) is 5.61. The summed E-state index contributed by atoms with van der Waals surface area (Å²) in [7, 11) is -4.58. The number of rotatable bonds is 3. The van der Waals surface area contributed by atoms with Crippen molar-refractivity contribution in [1.29, 1.82) is 0 Å². The van der Waals surface area contributed by atoms with Gasteiger partial charge in [-0.2, -0.15) is 8.42 Å². The summed E-state index contributed by atoms with van der Waals surface area (Å²) >= 11 is 0. The molecule has 1 aromatic heterocycles. The molecule has 8 heteroatoms. The molecule has 1 aliphatic heterocycles. The van der Waals surface area contributed by atoms with Gasteiger partial charge < -0.3 is 5.73 Å². The van der Waals surface area contributed by atoms with Crippen LogP contribution in [0.25, 0.3) is 0 Å². The van der Waals surface area contributed by atoms with Gasteiger partial charge in [0, 0.05) is 25.1 Å². The molecular weight excluding hydrogens is 261 g/mol. The van der Waals surface area contributed by atoms with Gasteiger partial charge in [-0.05, 0) is 12.1 Å². The molecule has 0 aromatic carbocycles. The Kier molecular flexibility index (Phi) is 3.20. The smallest absolute Gasteiger partial charge is 0.302 e. The van der Waals surface area contributed by atoms with E-state index in [0.29, 0.717) is 11.5 Å². The van der Waals surface area contributed by atoms with Crippen LogP contribution >= 0.6 is 0 Å².